The Kier molecular flexibility index (Phi) is 4.20. The Morgan fingerprint density at radius 2 is 1.95 bits per heavy atom. The van der Waals surface area contributed by atoms with Crippen LogP contribution in [-0.2, 0) is 6.54 Å². The highest BCUT2D eigenvalue weighted by atomic mass is 16.4. The van der Waals surface area contributed by atoms with E-state index in [4.69, 9.17) is 4.42 Å². The Morgan fingerprint density at radius 3 is 2.60 bits per heavy atom. The van der Waals surface area contributed by atoms with Crippen LogP contribution < -0.4 is 0 Å². The SMILES string of the molecule is Cc1ccccc1-c1nnc(CN(C)CC(C)(C)O)o1. The van der Waals surface area contributed by atoms with Crippen LogP contribution in [0.2, 0.25) is 0 Å². The molecule has 1 heterocycles. The summed E-state index contributed by atoms with van der Waals surface area (Å²) in [6.45, 7) is 6.61. The summed E-state index contributed by atoms with van der Waals surface area (Å²) in [5.74, 6) is 1.09. The van der Waals surface area contributed by atoms with Crippen LogP contribution in [0.15, 0.2) is 28.7 Å². The van der Waals surface area contributed by atoms with E-state index in [1.165, 1.54) is 0 Å². The number of hydrogen-bond donors (Lipinski definition) is 1. The summed E-state index contributed by atoms with van der Waals surface area (Å²) < 4.78 is 5.69. The molecule has 1 aromatic carbocycles. The van der Waals surface area contributed by atoms with Gasteiger partial charge in [0.1, 0.15) is 0 Å². The normalized spacial score (nSPS) is 12.1. The minimum Gasteiger partial charge on any atom is -0.419 e. The molecule has 108 valence electrons. The van der Waals surface area contributed by atoms with Gasteiger partial charge in [0.05, 0.1) is 12.1 Å². The summed E-state index contributed by atoms with van der Waals surface area (Å²) in [5.41, 5.74) is 1.32. The minimum absolute atomic E-state index is 0.517. The van der Waals surface area contributed by atoms with Crippen molar-refractivity contribution in [2.24, 2.45) is 0 Å². The highest BCUT2D eigenvalue weighted by molar-refractivity contribution is 5.57. The summed E-state index contributed by atoms with van der Waals surface area (Å²) in [4.78, 5) is 1.95. The van der Waals surface area contributed by atoms with Gasteiger partial charge in [-0.15, -0.1) is 10.2 Å². The number of benzene rings is 1. The fourth-order valence-electron chi connectivity index (χ4n) is 2.19. The van der Waals surface area contributed by atoms with Crippen molar-refractivity contribution in [3.05, 3.63) is 35.7 Å². The molecule has 0 unspecified atom stereocenters. The number of likely N-dealkylation sites (N-methyl/N-ethyl adjacent to an activating group) is 1. The topological polar surface area (TPSA) is 62.4 Å². The van der Waals surface area contributed by atoms with Crippen LogP contribution in [0, 0.1) is 6.92 Å². The zero-order valence-electron chi connectivity index (χ0n) is 12.4. The monoisotopic (exact) mass is 275 g/mol. The lowest BCUT2D eigenvalue weighted by molar-refractivity contribution is 0.0403. The molecular formula is C15H21N3O2. The average molecular weight is 275 g/mol. The molecule has 0 fully saturated rings. The molecule has 5 heteroatoms. The third-order valence-electron chi connectivity index (χ3n) is 2.90. The summed E-state index contributed by atoms with van der Waals surface area (Å²) in [6.07, 6.45) is 0. The van der Waals surface area contributed by atoms with Crippen molar-refractivity contribution < 1.29 is 9.52 Å². The molecule has 1 N–H and O–H groups in total. The molecule has 0 amide bonds. The predicted octanol–water partition coefficient (Wildman–Crippen LogP) is 2.25. The van der Waals surface area contributed by atoms with E-state index in [2.05, 4.69) is 10.2 Å². The van der Waals surface area contributed by atoms with E-state index in [1.807, 2.05) is 43.1 Å². The molecule has 0 spiro atoms. The smallest absolute Gasteiger partial charge is 0.248 e. The van der Waals surface area contributed by atoms with Crippen molar-refractivity contribution in [1.82, 2.24) is 15.1 Å². The summed E-state index contributed by atoms with van der Waals surface area (Å²) in [5, 5.41) is 17.9. The molecule has 0 aliphatic heterocycles. The largest absolute Gasteiger partial charge is 0.419 e. The van der Waals surface area contributed by atoms with Crippen LogP contribution >= 0.6 is 0 Å². The van der Waals surface area contributed by atoms with Gasteiger partial charge in [-0.05, 0) is 39.4 Å². The van der Waals surface area contributed by atoms with E-state index in [9.17, 15) is 5.11 Å². The Morgan fingerprint density at radius 1 is 1.25 bits per heavy atom. The second-order valence-corrected chi connectivity index (χ2v) is 5.80. The van der Waals surface area contributed by atoms with Crippen molar-refractivity contribution in [2.45, 2.75) is 32.9 Å². The van der Waals surface area contributed by atoms with Gasteiger partial charge in [0.25, 0.3) is 0 Å². The van der Waals surface area contributed by atoms with Crippen molar-refractivity contribution >= 4 is 0 Å². The first kappa shape index (κ1) is 14.7. The van der Waals surface area contributed by atoms with E-state index < -0.39 is 5.60 Å². The molecule has 20 heavy (non-hydrogen) atoms. The van der Waals surface area contributed by atoms with E-state index in [0.29, 0.717) is 24.9 Å². The fourth-order valence-corrected chi connectivity index (χ4v) is 2.19. The zero-order chi connectivity index (χ0) is 14.8. The molecule has 1 aromatic heterocycles. The average Bonchev–Trinajstić information content (AvgIpc) is 2.75. The predicted molar refractivity (Wildman–Crippen MR) is 77.1 cm³/mol. The molecule has 0 saturated carbocycles. The molecule has 2 rings (SSSR count). The second kappa shape index (κ2) is 5.73. The number of rotatable bonds is 5. The summed E-state index contributed by atoms with van der Waals surface area (Å²) in [7, 11) is 1.91. The van der Waals surface area contributed by atoms with Gasteiger partial charge in [-0.25, -0.2) is 0 Å². The van der Waals surface area contributed by atoms with Crippen LogP contribution in [0.3, 0.4) is 0 Å². The van der Waals surface area contributed by atoms with E-state index in [1.54, 1.807) is 13.8 Å². The van der Waals surface area contributed by atoms with Gasteiger partial charge >= 0.3 is 0 Å². The maximum Gasteiger partial charge on any atom is 0.248 e. The Labute approximate surface area is 119 Å². The van der Waals surface area contributed by atoms with Crippen LogP contribution in [0.4, 0.5) is 0 Å². The molecule has 0 radical (unpaired) electrons. The summed E-state index contributed by atoms with van der Waals surface area (Å²) >= 11 is 0. The van der Waals surface area contributed by atoms with Gasteiger partial charge in [0.15, 0.2) is 0 Å². The molecule has 0 saturated heterocycles. The fraction of sp³-hybridized carbons (Fsp3) is 0.467. The Balaban J connectivity index is 2.08. The molecule has 2 aromatic rings. The second-order valence-electron chi connectivity index (χ2n) is 5.80. The molecular weight excluding hydrogens is 254 g/mol. The number of aliphatic hydroxyl groups is 1. The van der Waals surface area contributed by atoms with Crippen LogP contribution in [0.25, 0.3) is 11.5 Å². The number of aromatic nitrogens is 2. The van der Waals surface area contributed by atoms with E-state index in [0.717, 1.165) is 11.1 Å². The van der Waals surface area contributed by atoms with Gasteiger partial charge in [0.2, 0.25) is 11.8 Å². The third-order valence-corrected chi connectivity index (χ3v) is 2.90. The number of aryl methyl sites for hydroxylation is 1. The van der Waals surface area contributed by atoms with Gasteiger partial charge in [-0.3, -0.25) is 4.90 Å². The van der Waals surface area contributed by atoms with Crippen molar-refractivity contribution in [3.8, 4) is 11.5 Å². The lowest BCUT2D eigenvalue weighted by atomic mass is 10.1. The molecule has 0 bridgehead atoms. The maximum absolute atomic E-state index is 9.78. The standard InChI is InChI=1S/C15H21N3O2/c1-11-7-5-6-8-12(11)14-17-16-13(20-14)9-18(4)10-15(2,3)19/h5-8,19H,9-10H2,1-4H3. The number of nitrogens with zero attached hydrogens (tertiary/aromatic N) is 3. The molecule has 5 nitrogen and oxygen atoms in total. The number of hydrogen-bond acceptors (Lipinski definition) is 5. The summed E-state index contributed by atoms with van der Waals surface area (Å²) in [6, 6.07) is 7.91. The van der Waals surface area contributed by atoms with Gasteiger partial charge in [-0.1, -0.05) is 18.2 Å². The van der Waals surface area contributed by atoms with Crippen LogP contribution in [0.1, 0.15) is 25.3 Å². The highest BCUT2D eigenvalue weighted by Crippen LogP contribution is 2.21. The minimum atomic E-state index is -0.742. The quantitative estimate of drug-likeness (QED) is 0.906. The lowest BCUT2D eigenvalue weighted by Crippen LogP contribution is -2.35. The van der Waals surface area contributed by atoms with E-state index in [-0.39, 0.29) is 0 Å². The third kappa shape index (κ3) is 3.88. The van der Waals surface area contributed by atoms with Crippen molar-refractivity contribution in [2.75, 3.05) is 13.6 Å². The molecule has 0 aliphatic carbocycles. The lowest BCUT2D eigenvalue weighted by Gasteiger charge is -2.23. The Bertz CT molecular complexity index is 572. The first-order valence-corrected chi connectivity index (χ1v) is 6.64. The van der Waals surface area contributed by atoms with Gasteiger partial charge < -0.3 is 9.52 Å². The Hall–Kier alpha value is -1.72. The maximum atomic E-state index is 9.78. The van der Waals surface area contributed by atoms with Crippen LogP contribution in [0.5, 0.6) is 0 Å². The first-order chi connectivity index (χ1) is 9.35. The molecule has 0 aliphatic rings. The van der Waals surface area contributed by atoms with Crippen LogP contribution in [-0.4, -0.2) is 39.4 Å². The van der Waals surface area contributed by atoms with Gasteiger partial charge in [-0.2, -0.15) is 0 Å². The first-order valence-electron chi connectivity index (χ1n) is 6.64. The van der Waals surface area contributed by atoms with E-state index >= 15 is 0 Å². The van der Waals surface area contributed by atoms with Gasteiger partial charge in [0, 0.05) is 12.1 Å². The zero-order valence-corrected chi connectivity index (χ0v) is 12.4. The van der Waals surface area contributed by atoms with Crippen molar-refractivity contribution in [3.63, 3.8) is 0 Å². The van der Waals surface area contributed by atoms with Crippen molar-refractivity contribution in [1.29, 1.82) is 0 Å². The highest BCUT2D eigenvalue weighted by Gasteiger charge is 2.18. The molecule has 0 atom stereocenters.